The van der Waals surface area contributed by atoms with Gasteiger partial charge in [-0.05, 0) is 55.7 Å². The number of benzene rings is 1. The van der Waals surface area contributed by atoms with E-state index in [1.807, 2.05) is 12.1 Å². The summed E-state index contributed by atoms with van der Waals surface area (Å²) in [6, 6.07) is 6.77. The third-order valence-corrected chi connectivity index (χ3v) is 5.36. The Balaban J connectivity index is 1.41. The normalized spacial score (nSPS) is 26.9. The van der Waals surface area contributed by atoms with E-state index in [9.17, 15) is 4.79 Å². The molecule has 2 heterocycles. The van der Waals surface area contributed by atoms with Crippen LogP contribution in [0.4, 0.5) is 0 Å². The van der Waals surface area contributed by atoms with Crippen molar-refractivity contribution in [3.63, 3.8) is 0 Å². The highest BCUT2D eigenvalue weighted by Gasteiger charge is 2.34. The Labute approximate surface area is 141 Å². The van der Waals surface area contributed by atoms with Gasteiger partial charge in [0.05, 0.1) is 0 Å². The predicted octanol–water partition coefficient (Wildman–Crippen LogP) is 3.57. The molecule has 0 spiro atoms. The molecule has 3 nitrogen and oxygen atoms in total. The fraction of sp³-hybridized carbons (Fsp3) is 0.588. The van der Waals surface area contributed by atoms with E-state index in [0.717, 1.165) is 24.8 Å². The van der Waals surface area contributed by atoms with Crippen LogP contribution in [0, 0.1) is 5.92 Å². The number of hydrogen-bond donors (Lipinski definition) is 2. The smallest absolute Gasteiger partial charge is 0.220 e. The molecule has 2 fully saturated rings. The lowest BCUT2D eigenvalue weighted by molar-refractivity contribution is -0.122. The van der Waals surface area contributed by atoms with Crippen LogP contribution in [0.5, 0.6) is 0 Å². The fourth-order valence-corrected chi connectivity index (χ4v) is 4.24. The molecule has 0 aromatic heterocycles. The van der Waals surface area contributed by atoms with Gasteiger partial charge >= 0.3 is 0 Å². The molecule has 1 aromatic rings. The van der Waals surface area contributed by atoms with Crippen LogP contribution in [0.15, 0.2) is 18.2 Å². The molecular formula is C17H22Cl2N2O. The van der Waals surface area contributed by atoms with Crippen molar-refractivity contribution in [3.05, 3.63) is 33.8 Å². The van der Waals surface area contributed by atoms with E-state index in [4.69, 9.17) is 23.2 Å². The molecule has 22 heavy (non-hydrogen) atoms. The zero-order chi connectivity index (χ0) is 15.5. The van der Waals surface area contributed by atoms with Crippen molar-refractivity contribution in [2.45, 2.75) is 50.6 Å². The van der Waals surface area contributed by atoms with Crippen LogP contribution in [0.25, 0.3) is 0 Å². The van der Waals surface area contributed by atoms with Crippen molar-refractivity contribution in [1.82, 2.24) is 10.6 Å². The number of carbonyl (C=O) groups excluding carboxylic acids is 1. The number of piperidine rings is 1. The van der Waals surface area contributed by atoms with E-state index >= 15 is 0 Å². The number of rotatable bonds is 5. The zero-order valence-electron chi connectivity index (χ0n) is 12.6. The number of fused-ring (bicyclic) bond motifs is 2. The minimum absolute atomic E-state index is 0.163. The van der Waals surface area contributed by atoms with Gasteiger partial charge in [0.15, 0.2) is 0 Å². The van der Waals surface area contributed by atoms with Crippen molar-refractivity contribution in [3.8, 4) is 0 Å². The highest BCUT2D eigenvalue weighted by Crippen LogP contribution is 2.32. The van der Waals surface area contributed by atoms with E-state index in [0.29, 0.717) is 41.0 Å². The number of hydrogen-bond acceptors (Lipinski definition) is 2. The summed E-state index contributed by atoms with van der Waals surface area (Å²) >= 11 is 12.0. The molecule has 0 aliphatic carbocycles. The quantitative estimate of drug-likeness (QED) is 0.860. The van der Waals surface area contributed by atoms with Crippen molar-refractivity contribution in [2.75, 3.05) is 6.54 Å². The summed E-state index contributed by atoms with van der Waals surface area (Å²) in [6.07, 6.45) is 6.23. The first kappa shape index (κ1) is 16.1. The number of carbonyl (C=O) groups is 1. The number of nitrogens with one attached hydrogen (secondary N) is 2. The third kappa shape index (κ3) is 4.15. The summed E-state index contributed by atoms with van der Waals surface area (Å²) in [5, 5.41) is 7.93. The molecule has 2 aliphatic rings. The minimum Gasteiger partial charge on any atom is -0.356 e. The standard InChI is InChI=1S/C17H22Cl2N2O/c18-13-2-1-12(16(19)10-13)5-6-20-17(22)9-11-7-14-3-4-15(8-11)21-14/h1-2,10-11,14-15,21H,3-9H2,(H,20,22). The molecule has 0 saturated carbocycles. The Kier molecular flexibility index (Phi) is 5.27. The molecule has 1 amide bonds. The van der Waals surface area contributed by atoms with Crippen LogP contribution in [-0.4, -0.2) is 24.5 Å². The predicted molar refractivity (Wildman–Crippen MR) is 90.5 cm³/mol. The Hall–Kier alpha value is -0.770. The van der Waals surface area contributed by atoms with Crippen molar-refractivity contribution >= 4 is 29.1 Å². The van der Waals surface area contributed by atoms with Crippen LogP contribution in [0.2, 0.25) is 10.0 Å². The molecule has 3 rings (SSSR count). The van der Waals surface area contributed by atoms with Crippen LogP contribution >= 0.6 is 23.2 Å². The summed E-state index contributed by atoms with van der Waals surface area (Å²) in [5.41, 5.74) is 1.02. The molecular weight excluding hydrogens is 319 g/mol. The first-order valence-electron chi connectivity index (χ1n) is 8.07. The SMILES string of the molecule is O=C(CC1CC2CCC(C1)N2)NCCc1ccc(Cl)cc1Cl. The number of halogens is 2. The average Bonchev–Trinajstić information content (AvgIpc) is 2.80. The second-order valence-corrected chi connectivity index (χ2v) is 7.36. The van der Waals surface area contributed by atoms with E-state index in [1.54, 1.807) is 6.07 Å². The van der Waals surface area contributed by atoms with Gasteiger partial charge in [0.25, 0.3) is 0 Å². The monoisotopic (exact) mass is 340 g/mol. The third-order valence-electron chi connectivity index (χ3n) is 4.78. The first-order valence-corrected chi connectivity index (χ1v) is 8.82. The van der Waals surface area contributed by atoms with Gasteiger partial charge in [-0.15, -0.1) is 0 Å². The molecule has 2 unspecified atom stereocenters. The summed E-state index contributed by atoms with van der Waals surface area (Å²) in [6.45, 7) is 0.623. The average molecular weight is 341 g/mol. The van der Waals surface area contributed by atoms with E-state index in [2.05, 4.69) is 10.6 Å². The molecule has 2 bridgehead atoms. The van der Waals surface area contributed by atoms with Crippen molar-refractivity contribution < 1.29 is 4.79 Å². The molecule has 2 aliphatic heterocycles. The van der Waals surface area contributed by atoms with Gasteiger partial charge in [0.1, 0.15) is 0 Å². The van der Waals surface area contributed by atoms with E-state index in [-0.39, 0.29) is 5.91 Å². The maximum Gasteiger partial charge on any atom is 0.220 e. The van der Waals surface area contributed by atoms with Gasteiger partial charge < -0.3 is 10.6 Å². The van der Waals surface area contributed by atoms with Crippen LogP contribution in [0.3, 0.4) is 0 Å². The lowest BCUT2D eigenvalue weighted by atomic mass is 9.89. The summed E-state index contributed by atoms with van der Waals surface area (Å²) in [5.74, 6) is 0.703. The highest BCUT2D eigenvalue weighted by atomic mass is 35.5. The first-order chi connectivity index (χ1) is 10.6. The number of amides is 1. The Morgan fingerprint density at radius 3 is 2.64 bits per heavy atom. The Morgan fingerprint density at radius 2 is 1.95 bits per heavy atom. The topological polar surface area (TPSA) is 41.1 Å². The Bertz CT molecular complexity index is 537. The molecule has 120 valence electrons. The maximum atomic E-state index is 12.1. The van der Waals surface area contributed by atoms with Gasteiger partial charge in [0, 0.05) is 35.1 Å². The molecule has 2 saturated heterocycles. The van der Waals surface area contributed by atoms with Gasteiger partial charge in [-0.1, -0.05) is 29.3 Å². The van der Waals surface area contributed by atoms with Crippen LogP contribution in [0.1, 0.15) is 37.7 Å². The highest BCUT2D eigenvalue weighted by molar-refractivity contribution is 6.35. The Morgan fingerprint density at radius 1 is 1.23 bits per heavy atom. The fourth-order valence-electron chi connectivity index (χ4n) is 3.74. The van der Waals surface area contributed by atoms with Crippen LogP contribution < -0.4 is 10.6 Å². The van der Waals surface area contributed by atoms with Gasteiger partial charge in [-0.25, -0.2) is 0 Å². The molecule has 5 heteroatoms. The molecule has 2 atom stereocenters. The minimum atomic E-state index is 0.163. The maximum absolute atomic E-state index is 12.1. The van der Waals surface area contributed by atoms with Crippen molar-refractivity contribution in [2.24, 2.45) is 5.92 Å². The molecule has 2 N–H and O–H groups in total. The second-order valence-electron chi connectivity index (χ2n) is 6.52. The van der Waals surface area contributed by atoms with Gasteiger partial charge in [-0.3, -0.25) is 4.79 Å². The molecule has 1 aromatic carbocycles. The van der Waals surface area contributed by atoms with Crippen LogP contribution in [-0.2, 0) is 11.2 Å². The van der Waals surface area contributed by atoms with E-state index in [1.165, 1.54) is 12.8 Å². The molecule has 0 radical (unpaired) electrons. The summed E-state index contributed by atoms with van der Waals surface area (Å²) in [7, 11) is 0. The second kappa shape index (κ2) is 7.20. The summed E-state index contributed by atoms with van der Waals surface area (Å²) in [4.78, 5) is 12.1. The van der Waals surface area contributed by atoms with E-state index < -0.39 is 0 Å². The van der Waals surface area contributed by atoms with Gasteiger partial charge in [-0.2, -0.15) is 0 Å². The largest absolute Gasteiger partial charge is 0.356 e. The zero-order valence-corrected chi connectivity index (χ0v) is 14.1. The lowest BCUT2D eigenvalue weighted by Gasteiger charge is -2.28. The lowest BCUT2D eigenvalue weighted by Crippen LogP contribution is -2.39. The van der Waals surface area contributed by atoms with Crippen molar-refractivity contribution in [1.29, 1.82) is 0 Å². The summed E-state index contributed by atoms with van der Waals surface area (Å²) < 4.78 is 0. The van der Waals surface area contributed by atoms with Gasteiger partial charge in [0.2, 0.25) is 5.91 Å².